The largest absolute Gasteiger partial charge is 0.454 e. The molecular formula is C27H15F2NO3. The van der Waals surface area contributed by atoms with E-state index in [0.717, 1.165) is 10.8 Å². The van der Waals surface area contributed by atoms with Gasteiger partial charge in [0.05, 0.1) is 16.7 Å². The third kappa shape index (κ3) is 2.80. The first kappa shape index (κ1) is 19.4. The molecule has 0 saturated heterocycles. The minimum absolute atomic E-state index is 0.0671. The molecule has 33 heavy (non-hydrogen) atoms. The number of allylic oxidation sites excluding steroid dienone is 1. The van der Waals surface area contributed by atoms with Crippen LogP contribution in [0.1, 0.15) is 26.4 Å². The van der Waals surface area contributed by atoms with E-state index in [1.165, 1.54) is 24.3 Å². The van der Waals surface area contributed by atoms with E-state index in [4.69, 9.17) is 4.42 Å². The SMILES string of the molecule is Cn1c(C=C2C(=O)c3cc4ccccc4cc3C2=O)cc2oc(-c3c(F)cccc3F)cc21. The molecule has 0 unspecified atom stereocenters. The van der Waals surface area contributed by atoms with Gasteiger partial charge in [0.2, 0.25) is 0 Å². The number of Topliss-reactive ketones (excluding diaryl/α,β-unsaturated/α-hetero) is 2. The van der Waals surface area contributed by atoms with Gasteiger partial charge >= 0.3 is 0 Å². The standard InChI is InChI=1S/C27H15F2NO3/c1-30-16(12-23-22(30)13-24(33-23)25-20(28)7-4-8-21(25)29)11-19-26(31)17-9-14-5-2-3-6-15(14)10-18(17)27(19)32/h2-13H,1H3. The molecule has 3 aromatic carbocycles. The van der Waals surface area contributed by atoms with Gasteiger partial charge in [-0.1, -0.05) is 30.3 Å². The fourth-order valence-electron chi connectivity index (χ4n) is 4.41. The van der Waals surface area contributed by atoms with Crippen LogP contribution < -0.4 is 0 Å². The number of ketones is 2. The Morgan fingerprint density at radius 2 is 1.42 bits per heavy atom. The zero-order valence-electron chi connectivity index (χ0n) is 17.4. The van der Waals surface area contributed by atoms with Gasteiger partial charge in [-0.2, -0.15) is 0 Å². The predicted molar refractivity (Wildman–Crippen MR) is 121 cm³/mol. The molecule has 0 spiro atoms. The quantitative estimate of drug-likeness (QED) is 0.239. The Kier molecular flexibility index (Phi) is 4.01. The fraction of sp³-hybridized carbons (Fsp3) is 0.0370. The summed E-state index contributed by atoms with van der Waals surface area (Å²) >= 11 is 0. The minimum atomic E-state index is -0.719. The summed E-state index contributed by atoms with van der Waals surface area (Å²) in [5, 5.41) is 1.78. The molecule has 0 atom stereocenters. The maximum absolute atomic E-state index is 14.1. The van der Waals surface area contributed by atoms with Crippen LogP contribution in [0.5, 0.6) is 0 Å². The van der Waals surface area contributed by atoms with E-state index in [0.29, 0.717) is 27.9 Å². The van der Waals surface area contributed by atoms with Gasteiger partial charge in [0.25, 0.3) is 0 Å². The molecule has 4 nitrogen and oxygen atoms in total. The number of carbonyl (C=O) groups excluding carboxylic acids is 2. The molecule has 0 fully saturated rings. The number of aryl methyl sites for hydroxylation is 1. The number of aromatic nitrogens is 1. The van der Waals surface area contributed by atoms with Gasteiger partial charge in [-0.25, -0.2) is 8.78 Å². The lowest BCUT2D eigenvalue weighted by atomic mass is 10.0. The van der Waals surface area contributed by atoms with E-state index < -0.39 is 11.6 Å². The molecule has 0 radical (unpaired) electrons. The number of fused-ring (bicyclic) bond motifs is 3. The molecule has 0 amide bonds. The Bertz CT molecular complexity index is 1610. The van der Waals surface area contributed by atoms with Gasteiger partial charge in [0, 0.05) is 36.0 Å². The van der Waals surface area contributed by atoms with Gasteiger partial charge in [0.15, 0.2) is 17.1 Å². The van der Waals surface area contributed by atoms with E-state index in [9.17, 15) is 18.4 Å². The molecular weight excluding hydrogens is 424 g/mol. The second kappa shape index (κ2) is 6.84. The van der Waals surface area contributed by atoms with Gasteiger partial charge in [-0.05, 0) is 41.1 Å². The molecule has 0 N–H and O–H groups in total. The average molecular weight is 439 g/mol. The molecule has 0 bridgehead atoms. The first-order valence-electron chi connectivity index (χ1n) is 10.3. The smallest absolute Gasteiger partial charge is 0.197 e. The molecule has 2 aromatic heterocycles. The Morgan fingerprint density at radius 1 is 0.818 bits per heavy atom. The molecule has 1 aliphatic carbocycles. The second-order valence-electron chi connectivity index (χ2n) is 8.05. The average Bonchev–Trinajstić information content (AvgIpc) is 3.40. The molecule has 0 aliphatic heterocycles. The van der Waals surface area contributed by atoms with Gasteiger partial charge in [0.1, 0.15) is 17.4 Å². The van der Waals surface area contributed by atoms with Crippen molar-refractivity contribution in [2.45, 2.75) is 0 Å². The maximum atomic E-state index is 14.1. The normalized spacial score (nSPS) is 13.4. The summed E-state index contributed by atoms with van der Waals surface area (Å²) in [5.74, 6) is -2.02. The maximum Gasteiger partial charge on any atom is 0.197 e. The Morgan fingerprint density at radius 3 is 2.00 bits per heavy atom. The van der Waals surface area contributed by atoms with Crippen LogP contribution in [0.4, 0.5) is 8.78 Å². The van der Waals surface area contributed by atoms with Crippen molar-refractivity contribution in [2.75, 3.05) is 0 Å². The van der Waals surface area contributed by atoms with Crippen molar-refractivity contribution in [2.24, 2.45) is 7.05 Å². The monoisotopic (exact) mass is 439 g/mol. The van der Waals surface area contributed by atoms with Crippen molar-refractivity contribution in [1.29, 1.82) is 0 Å². The highest BCUT2D eigenvalue weighted by Gasteiger charge is 2.33. The highest BCUT2D eigenvalue weighted by Crippen LogP contribution is 2.35. The number of carbonyl (C=O) groups is 2. The second-order valence-corrected chi connectivity index (χ2v) is 8.05. The molecule has 2 heterocycles. The lowest BCUT2D eigenvalue weighted by molar-refractivity contribution is 0.0990. The van der Waals surface area contributed by atoms with Crippen molar-refractivity contribution in [3.8, 4) is 11.3 Å². The summed E-state index contributed by atoms with van der Waals surface area (Å²) < 4.78 is 35.7. The zero-order chi connectivity index (χ0) is 22.9. The lowest BCUT2D eigenvalue weighted by Gasteiger charge is -2.01. The number of nitrogens with zero attached hydrogens (tertiary/aromatic N) is 1. The van der Waals surface area contributed by atoms with Crippen molar-refractivity contribution in [3.63, 3.8) is 0 Å². The van der Waals surface area contributed by atoms with Crippen LogP contribution in [0, 0.1) is 11.6 Å². The van der Waals surface area contributed by atoms with Gasteiger partial charge in [-0.3, -0.25) is 9.59 Å². The first-order chi connectivity index (χ1) is 15.9. The minimum Gasteiger partial charge on any atom is -0.454 e. The highest BCUT2D eigenvalue weighted by atomic mass is 19.1. The van der Waals surface area contributed by atoms with Crippen LogP contribution in [0.3, 0.4) is 0 Å². The lowest BCUT2D eigenvalue weighted by Crippen LogP contribution is -2.01. The molecule has 1 aliphatic rings. The van der Waals surface area contributed by atoms with E-state index >= 15 is 0 Å². The fourth-order valence-corrected chi connectivity index (χ4v) is 4.41. The van der Waals surface area contributed by atoms with Crippen molar-refractivity contribution in [3.05, 3.63) is 101 Å². The molecule has 5 aromatic rings. The Labute approximate surface area is 186 Å². The van der Waals surface area contributed by atoms with Gasteiger partial charge < -0.3 is 8.98 Å². The van der Waals surface area contributed by atoms with E-state index in [-0.39, 0.29) is 28.5 Å². The number of halogens is 2. The predicted octanol–water partition coefficient (Wildman–Crippen LogP) is 6.33. The Hall–Kier alpha value is -4.32. The van der Waals surface area contributed by atoms with E-state index in [1.807, 2.05) is 24.3 Å². The van der Waals surface area contributed by atoms with Crippen LogP contribution in [-0.4, -0.2) is 16.1 Å². The zero-order valence-corrected chi connectivity index (χ0v) is 17.4. The van der Waals surface area contributed by atoms with Crippen molar-refractivity contribution < 1.29 is 22.8 Å². The summed E-state index contributed by atoms with van der Waals surface area (Å²) in [6.45, 7) is 0. The molecule has 6 heteroatoms. The summed E-state index contributed by atoms with van der Waals surface area (Å²) in [7, 11) is 1.73. The molecule has 6 rings (SSSR count). The molecule has 0 saturated carbocycles. The van der Waals surface area contributed by atoms with Crippen molar-refractivity contribution >= 4 is 39.5 Å². The number of rotatable bonds is 2. The van der Waals surface area contributed by atoms with E-state index in [1.54, 1.807) is 35.9 Å². The highest BCUT2D eigenvalue weighted by molar-refractivity contribution is 6.42. The first-order valence-corrected chi connectivity index (χ1v) is 10.3. The number of benzene rings is 3. The van der Waals surface area contributed by atoms with Gasteiger partial charge in [-0.15, -0.1) is 0 Å². The van der Waals surface area contributed by atoms with Crippen LogP contribution in [-0.2, 0) is 7.05 Å². The summed E-state index contributed by atoms with van der Waals surface area (Å²) in [5.41, 5.74) is 2.16. The van der Waals surface area contributed by atoms with Crippen LogP contribution in [0.15, 0.2) is 76.7 Å². The van der Waals surface area contributed by atoms with Crippen LogP contribution in [0.2, 0.25) is 0 Å². The van der Waals surface area contributed by atoms with E-state index in [2.05, 4.69) is 0 Å². The molecule has 160 valence electrons. The third-order valence-electron chi connectivity index (χ3n) is 6.13. The van der Waals surface area contributed by atoms with Crippen molar-refractivity contribution in [1.82, 2.24) is 4.57 Å². The summed E-state index contributed by atoms with van der Waals surface area (Å²) in [4.78, 5) is 26.1. The van der Waals surface area contributed by atoms with Crippen LogP contribution in [0.25, 0.3) is 39.3 Å². The number of hydrogen-bond donors (Lipinski definition) is 0. The Balaban J connectivity index is 1.43. The number of furan rings is 1. The summed E-state index contributed by atoms with van der Waals surface area (Å²) in [6, 6.07) is 17.9. The number of hydrogen-bond acceptors (Lipinski definition) is 3. The summed E-state index contributed by atoms with van der Waals surface area (Å²) in [6.07, 6.45) is 1.54. The topological polar surface area (TPSA) is 52.2 Å². The third-order valence-corrected chi connectivity index (χ3v) is 6.13. The van der Waals surface area contributed by atoms with Crippen LogP contribution >= 0.6 is 0 Å².